The molecule has 0 radical (unpaired) electrons. The van der Waals surface area contributed by atoms with Crippen LogP contribution in [0.5, 0.6) is 0 Å². The maximum Gasteiger partial charge on any atom is 0.109 e. The van der Waals surface area contributed by atoms with Crippen LogP contribution >= 0.6 is 0 Å². The maximum absolute atomic E-state index is 8.78. The summed E-state index contributed by atoms with van der Waals surface area (Å²) >= 11 is 0. The van der Waals surface area contributed by atoms with E-state index < -0.39 is 0 Å². The summed E-state index contributed by atoms with van der Waals surface area (Å²) < 4.78 is 5.17. The standard InChI is InChI=1S/C9H12N2O/c1-2-3-9(8-10)11-4-6-12-7-5-11/h1,9H,3-7H2. The molecule has 0 aliphatic carbocycles. The lowest BCUT2D eigenvalue weighted by molar-refractivity contribution is 0.0278. The van der Waals surface area contributed by atoms with Gasteiger partial charge in [-0.05, 0) is 0 Å². The Hall–Kier alpha value is -1.03. The van der Waals surface area contributed by atoms with Crippen LogP contribution in [0, 0.1) is 23.7 Å². The molecule has 0 aromatic rings. The molecule has 1 atom stereocenters. The Bertz CT molecular complexity index is 208. The number of terminal acetylenes is 1. The van der Waals surface area contributed by atoms with Gasteiger partial charge in [-0.2, -0.15) is 5.26 Å². The van der Waals surface area contributed by atoms with Crippen molar-refractivity contribution in [1.82, 2.24) is 4.90 Å². The first-order valence-corrected chi connectivity index (χ1v) is 4.03. The molecular weight excluding hydrogens is 152 g/mol. The SMILES string of the molecule is C#CCC(C#N)N1CCOCC1. The van der Waals surface area contributed by atoms with E-state index in [0.29, 0.717) is 19.6 Å². The fourth-order valence-electron chi connectivity index (χ4n) is 1.26. The van der Waals surface area contributed by atoms with Gasteiger partial charge in [0.25, 0.3) is 0 Å². The molecule has 12 heavy (non-hydrogen) atoms. The third-order valence-corrected chi connectivity index (χ3v) is 1.95. The van der Waals surface area contributed by atoms with Crippen molar-refractivity contribution in [2.75, 3.05) is 26.3 Å². The van der Waals surface area contributed by atoms with Crippen LogP contribution in [-0.2, 0) is 4.74 Å². The molecular formula is C9H12N2O. The molecule has 0 bridgehead atoms. The van der Waals surface area contributed by atoms with Crippen LogP contribution in [-0.4, -0.2) is 37.2 Å². The molecule has 3 nitrogen and oxygen atoms in total. The quantitative estimate of drug-likeness (QED) is 0.548. The maximum atomic E-state index is 8.78. The van der Waals surface area contributed by atoms with Crippen LogP contribution in [0.15, 0.2) is 0 Å². The summed E-state index contributed by atoms with van der Waals surface area (Å²) in [4.78, 5) is 2.07. The van der Waals surface area contributed by atoms with E-state index in [1.807, 2.05) is 0 Å². The summed E-state index contributed by atoms with van der Waals surface area (Å²) in [7, 11) is 0. The topological polar surface area (TPSA) is 36.3 Å². The average molecular weight is 164 g/mol. The van der Waals surface area contributed by atoms with Gasteiger partial charge in [-0.1, -0.05) is 0 Å². The highest BCUT2D eigenvalue weighted by molar-refractivity contribution is 5.01. The zero-order chi connectivity index (χ0) is 8.81. The molecule has 0 aromatic carbocycles. The fourth-order valence-corrected chi connectivity index (χ4v) is 1.26. The Morgan fingerprint density at radius 3 is 2.67 bits per heavy atom. The number of hydrogen-bond donors (Lipinski definition) is 0. The van der Waals surface area contributed by atoms with Crippen LogP contribution in [0.3, 0.4) is 0 Å². The number of rotatable bonds is 2. The third-order valence-electron chi connectivity index (χ3n) is 1.95. The molecule has 1 fully saturated rings. The van der Waals surface area contributed by atoms with E-state index in [4.69, 9.17) is 16.4 Å². The van der Waals surface area contributed by atoms with E-state index in [-0.39, 0.29) is 6.04 Å². The predicted octanol–water partition coefficient (Wildman–Crippen LogP) is 0.234. The van der Waals surface area contributed by atoms with Crippen molar-refractivity contribution in [3.8, 4) is 18.4 Å². The van der Waals surface area contributed by atoms with Gasteiger partial charge < -0.3 is 4.74 Å². The molecule has 1 rings (SSSR count). The van der Waals surface area contributed by atoms with E-state index in [1.165, 1.54) is 0 Å². The summed E-state index contributed by atoms with van der Waals surface area (Å²) in [5.74, 6) is 2.51. The van der Waals surface area contributed by atoms with E-state index >= 15 is 0 Å². The first-order valence-electron chi connectivity index (χ1n) is 4.03. The zero-order valence-electron chi connectivity index (χ0n) is 6.99. The first-order chi connectivity index (χ1) is 5.88. The van der Waals surface area contributed by atoms with Gasteiger partial charge in [0.05, 0.1) is 19.3 Å². The lowest BCUT2D eigenvalue weighted by atomic mass is 10.2. The molecule has 0 amide bonds. The molecule has 1 aliphatic heterocycles. The van der Waals surface area contributed by atoms with Crippen LogP contribution in [0.1, 0.15) is 6.42 Å². The smallest absolute Gasteiger partial charge is 0.109 e. The van der Waals surface area contributed by atoms with Gasteiger partial charge in [0.15, 0.2) is 0 Å². The Kier molecular flexibility index (Phi) is 3.60. The fraction of sp³-hybridized carbons (Fsp3) is 0.667. The van der Waals surface area contributed by atoms with Crippen molar-refractivity contribution in [2.45, 2.75) is 12.5 Å². The molecule has 0 spiro atoms. The summed E-state index contributed by atoms with van der Waals surface area (Å²) in [6, 6.07) is 2.07. The van der Waals surface area contributed by atoms with Crippen LogP contribution in [0.2, 0.25) is 0 Å². The second kappa shape index (κ2) is 4.77. The molecule has 1 heterocycles. The van der Waals surface area contributed by atoms with Crippen molar-refractivity contribution in [1.29, 1.82) is 5.26 Å². The lowest BCUT2D eigenvalue weighted by Crippen LogP contribution is -2.42. The van der Waals surface area contributed by atoms with Gasteiger partial charge >= 0.3 is 0 Å². The summed E-state index contributed by atoms with van der Waals surface area (Å²) in [5, 5.41) is 8.78. The molecule has 1 unspecified atom stereocenters. The summed E-state index contributed by atoms with van der Waals surface area (Å²) in [6.45, 7) is 3.06. The van der Waals surface area contributed by atoms with Gasteiger partial charge in [-0.25, -0.2) is 0 Å². The van der Waals surface area contributed by atoms with Crippen molar-refractivity contribution in [2.24, 2.45) is 0 Å². The Balaban J connectivity index is 2.43. The van der Waals surface area contributed by atoms with Crippen molar-refractivity contribution in [3.63, 3.8) is 0 Å². The van der Waals surface area contributed by atoms with Crippen LogP contribution in [0.25, 0.3) is 0 Å². The molecule has 1 aliphatic rings. The Morgan fingerprint density at radius 1 is 1.50 bits per heavy atom. The molecule has 64 valence electrons. The second-order valence-electron chi connectivity index (χ2n) is 2.70. The van der Waals surface area contributed by atoms with Gasteiger partial charge in [0.1, 0.15) is 6.04 Å². The number of hydrogen-bond acceptors (Lipinski definition) is 3. The van der Waals surface area contributed by atoms with Gasteiger partial charge in [0, 0.05) is 19.5 Å². The highest BCUT2D eigenvalue weighted by Crippen LogP contribution is 2.05. The largest absolute Gasteiger partial charge is 0.379 e. The molecule has 3 heteroatoms. The monoisotopic (exact) mass is 164 g/mol. The number of nitrogens with zero attached hydrogens (tertiary/aromatic N) is 2. The zero-order valence-corrected chi connectivity index (χ0v) is 6.99. The van der Waals surface area contributed by atoms with Crippen LogP contribution < -0.4 is 0 Å². The van der Waals surface area contributed by atoms with E-state index in [1.54, 1.807) is 0 Å². The molecule has 1 saturated heterocycles. The van der Waals surface area contributed by atoms with Gasteiger partial charge in [-0.15, -0.1) is 12.3 Å². The van der Waals surface area contributed by atoms with E-state index in [0.717, 1.165) is 13.1 Å². The van der Waals surface area contributed by atoms with Gasteiger partial charge in [0.2, 0.25) is 0 Å². The lowest BCUT2D eigenvalue weighted by Gasteiger charge is -2.29. The van der Waals surface area contributed by atoms with Crippen LogP contribution in [0.4, 0.5) is 0 Å². The normalized spacial score (nSPS) is 20.8. The highest BCUT2D eigenvalue weighted by Gasteiger charge is 2.18. The Labute approximate surface area is 72.9 Å². The number of nitriles is 1. The second-order valence-corrected chi connectivity index (χ2v) is 2.70. The summed E-state index contributed by atoms with van der Waals surface area (Å²) in [5.41, 5.74) is 0. The minimum atomic E-state index is -0.126. The third kappa shape index (κ3) is 2.23. The molecule has 0 saturated carbocycles. The predicted molar refractivity (Wildman–Crippen MR) is 45.2 cm³/mol. The minimum absolute atomic E-state index is 0.126. The van der Waals surface area contributed by atoms with E-state index in [9.17, 15) is 0 Å². The number of ether oxygens (including phenoxy) is 1. The highest BCUT2D eigenvalue weighted by atomic mass is 16.5. The van der Waals surface area contributed by atoms with Gasteiger partial charge in [-0.3, -0.25) is 4.90 Å². The summed E-state index contributed by atoms with van der Waals surface area (Å²) in [6.07, 6.45) is 5.66. The van der Waals surface area contributed by atoms with Crippen molar-refractivity contribution < 1.29 is 4.74 Å². The average Bonchev–Trinajstić information content (AvgIpc) is 2.15. The van der Waals surface area contributed by atoms with Crippen molar-refractivity contribution in [3.05, 3.63) is 0 Å². The van der Waals surface area contributed by atoms with Crippen molar-refractivity contribution >= 4 is 0 Å². The number of morpholine rings is 1. The molecule has 0 aromatic heterocycles. The minimum Gasteiger partial charge on any atom is -0.379 e. The Morgan fingerprint density at radius 2 is 2.17 bits per heavy atom. The molecule has 0 N–H and O–H groups in total. The first kappa shape index (κ1) is 9.06. The van der Waals surface area contributed by atoms with E-state index in [2.05, 4.69) is 16.9 Å².